The molecule has 154 valence electrons. The summed E-state index contributed by atoms with van der Waals surface area (Å²) >= 11 is 0. The van der Waals surface area contributed by atoms with Crippen molar-refractivity contribution in [2.24, 2.45) is 0 Å². The van der Waals surface area contributed by atoms with E-state index in [1.54, 1.807) is 6.20 Å². The van der Waals surface area contributed by atoms with Crippen molar-refractivity contribution in [1.82, 2.24) is 20.0 Å². The third-order valence-corrected chi connectivity index (χ3v) is 5.90. The average molecular weight is 396 g/mol. The van der Waals surface area contributed by atoms with Crippen molar-refractivity contribution in [2.75, 3.05) is 44.2 Å². The quantitative estimate of drug-likeness (QED) is 0.850. The van der Waals surface area contributed by atoms with E-state index in [1.807, 2.05) is 47.4 Å². The summed E-state index contributed by atoms with van der Waals surface area (Å²) in [5.41, 5.74) is 1.03. The summed E-state index contributed by atoms with van der Waals surface area (Å²) in [6.45, 7) is 4.53. The molecule has 0 aliphatic carbocycles. The number of carbonyl (C=O) groups excluding carboxylic acids is 1. The molecule has 0 radical (unpaired) electrons. The van der Waals surface area contributed by atoms with Crippen molar-refractivity contribution in [3.8, 4) is 0 Å². The molecule has 7 nitrogen and oxygen atoms in total. The Morgan fingerprint density at radius 1 is 0.966 bits per heavy atom. The minimum absolute atomic E-state index is 0.161. The highest BCUT2D eigenvalue weighted by atomic mass is 16.3. The Kier molecular flexibility index (Phi) is 6.36. The number of amides is 1. The Labute approximate surface area is 171 Å². The summed E-state index contributed by atoms with van der Waals surface area (Å²) in [4.78, 5) is 20.1. The van der Waals surface area contributed by atoms with Gasteiger partial charge in [0.15, 0.2) is 5.82 Å². The van der Waals surface area contributed by atoms with Gasteiger partial charge in [-0.25, -0.2) is 0 Å². The van der Waals surface area contributed by atoms with Crippen LogP contribution in [-0.2, 0) is 4.79 Å². The molecule has 1 aromatic heterocycles. The molecule has 0 saturated carbocycles. The van der Waals surface area contributed by atoms with E-state index in [4.69, 9.17) is 0 Å². The van der Waals surface area contributed by atoms with Crippen LogP contribution in [0.3, 0.4) is 0 Å². The lowest BCUT2D eigenvalue weighted by Gasteiger charge is -2.38. The van der Waals surface area contributed by atoms with Gasteiger partial charge in [0.1, 0.15) is 6.04 Å². The third-order valence-electron chi connectivity index (χ3n) is 5.90. The van der Waals surface area contributed by atoms with Crippen LogP contribution in [0.15, 0.2) is 48.7 Å². The smallest absolute Gasteiger partial charge is 0.244 e. The van der Waals surface area contributed by atoms with Crippen molar-refractivity contribution in [3.63, 3.8) is 0 Å². The predicted molar refractivity (Wildman–Crippen MR) is 111 cm³/mol. The summed E-state index contributed by atoms with van der Waals surface area (Å²) in [6.07, 6.45) is 3.77. The van der Waals surface area contributed by atoms with Crippen LogP contribution in [0.2, 0.25) is 0 Å². The van der Waals surface area contributed by atoms with Crippen molar-refractivity contribution in [1.29, 1.82) is 0 Å². The van der Waals surface area contributed by atoms with Gasteiger partial charge < -0.3 is 14.9 Å². The second-order valence-electron chi connectivity index (χ2n) is 7.83. The molecular weight excluding hydrogens is 366 g/mol. The Hall–Kier alpha value is -2.51. The van der Waals surface area contributed by atoms with Gasteiger partial charge in [-0.15, -0.1) is 5.10 Å². The minimum atomic E-state index is -0.285. The fraction of sp³-hybridized carbons (Fsp3) is 0.500. The summed E-state index contributed by atoms with van der Waals surface area (Å²) in [5.74, 6) is 1.03. The zero-order valence-corrected chi connectivity index (χ0v) is 16.7. The Bertz CT molecular complexity index is 780. The molecule has 2 aromatic rings. The maximum absolute atomic E-state index is 13.7. The number of likely N-dealkylation sites (tertiary alicyclic amines) is 1. The van der Waals surface area contributed by atoms with Crippen LogP contribution >= 0.6 is 0 Å². The van der Waals surface area contributed by atoms with Gasteiger partial charge in [-0.05, 0) is 37.0 Å². The molecule has 2 fully saturated rings. The first kappa shape index (κ1) is 19.8. The summed E-state index contributed by atoms with van der Waals surface area (Å²) < 4.78 is 0. The molecule has 1 amide bonds. The molecule has 2 saturated heterocycles. The fourth-order valence-electron chi connectivity index (χ4n) is 4.29. The maximum Gasteiger partial charge on any atom is 0.244 e. The highest BCUT2D eigenvalue weighted by Gasteiger charge is 2.34. The first-order valence-electron chi connectivity index (χ1n) is 10.5. The fourth-order valence-corrected chi connectivity index (χ4v) is 4.29. The molecule has 0 bridgehead atoms. The number of anilines is 1. The minimum Gasteiger partial charge on any atom is -0.393 e. The molecular formula is C22H29N5O2. The molecule has 1 unspecified atom stereocenters. The monoisotopic (exact) mass is 395 g/mol. The number of nitrogens with zero attached hydrogens (tertiary/aromatic N) is 5. The van der Waals surface area contributed by atoms with E-state index in [0.717, 1.165) is 63.4 Å². The molecule has 1 atom stereocenters. The van der Waals surface area contributed by atoms with E-state index < -0.39 is 0 Å². The maximum atomic E-state index is 13.7. The van der Waals surface area contributed by atoms with Crippen molar-refractivity contribution in [3.05, 3.63) is 54.2 Å². The molecule has 7 heteroatoms. The number of aliphatic hydroxyl groups excluding tert-OH is 1. The lowest BCUT2D eigenvalue weighted by molar-refractivity contribution is -0.138. The van der Waals surface area contributed by atoms with Crippen LogP contribution in [0.4, 0.5) is 5.82 Å². The second kappa shape index (κ2) is 9.33. The molecule has 29 heavy (non-hydrogen) atoms. The topological polar surface area (TPSA) is 72.8 Å². The molecule has 3 heterocycles. The van der Waals surface area contributed by atoms with Gasteiger partial charge in [-0.3, -0.25) is 9.69 Å². The lowest BCUT2D eigenvalue weighted by atomic mass is 9.99. The Balaban J connectivity index is 1.50. The number of benzene rings is 1. The van der Waals surface area contributed by atoms with E-state index in [-0.39, 0.29) is 18.1 Å². The summed E-state index contributed by atoms with van der Waals surface area (Å²) in [7, 11) is 0. The summed E-state index contributed by atoms with van der Waals surface area (Å²) in [5, 5.41) is 18.1. The number of carbonyl (C=O) groups is 1. The highest BCUT2D eigenvalue weighted by Crippen LogP contribution is 2.27. The van der Waals surface area contributed by atoms with E-state index in [9.17, 15) is 9.90 Å². The van der Waals surface area contributed by atoms with Crippen molar-refractivity contribution >= 4 is 11.7 Å². The largest absolute Gasteiger partial charge is 0.393 e. The van der Waals surface area contributed by atoms with Crippen LogP contribution in [0.5, 0.6) is 0 Å². The Morgan fingerprint density at radius 2 is 1.76 bits per heavy atom. The van der Waals surface area contributed by atoms with Gasteiger partial charge in [-0.2, -0.15) is 5.10 Å². The normalized spacial score (nSPS) is 20.3. The molecule has 1 N–H and O–H groups in total. The number of piperidine rings is 1. The first-order chi connectivity index (χ1) is 14.2. The number of aromatic nitrogens is 2. The first-order valence-corrected chi connectivity index (χ1v) is 10.5. The second-order valence-corrected chi connectivity index (χ2v) is 7.83. The average Bonchev–Trinajstić information content (AvgIpc) is 3.03. The SMILES string of the molecule is O=C(C(c1ccccc1)N1CCC(O)CC1)N1CCCN(c2cccnn2)CC1. The molecule has 2 aliphatic heterocycles. The highest BCUT2D eigenvalue weighted by molar-refractivity contribution is 5.83. The van der Waals surface area contributed by atoms with Crippen LogP contribution < -0.4 is 4.90 Å². The zero-order valence-electron chi connectivity index (χ0n) is 16.7. The molecule has 4 rings (SSSR count). The van der Waals surface area contributed by atoms with Gasteiger partial charge in [0.05, 0.1) is 6.10 Å². The van der Waals surface area contributed by atoms with E-state index >= 15 is 0 Å². The van der Waals surface area contributed by atoms with Gasteiger partial charge in [0.2, 0.25) is 5.91 Å². The van der Waals surface area contributed by atoms with Crippen LogP contribution in [0.1, 0.15) is 30.9 Å². The number of aliphatic hydroxyl groups is 1. The van der Waals surface area contributed by atoms with E-state index in [0.29, 0.717) is 6.54 Å². The van der Waals surface area contributed by atoms with Gasteiger partial charge >= 0.3 is 0 Å². The van der Waals surface area contributed by atoms with E-state index in [2.05, 4.69) is 20.0 Å². The predicted octanol–water partition coefficient (Wildman–Crippen LogP) is 1.71. The van der Waals surface area contributed by atoms with Crippen molar-refractivity contribution < 1.29 is 9.90 Å². The third kappa shape index (κ3) is 4.74. The summed E-state index contributed by atoms with van der Waals surface area (Å²) in [6, 6.07) is 13.6. The van der Waals surface area contributed by atoms with Gasteiger partial charge in [0, 0.05) is 45.5 Å². The van der Waals surface area contributed by atoms with E-state index in [1.165, 1.54) is 0 Å². The van der Waals surface area contributed by atoms with Crippen molar-refractivity contribution in [2.45, 2.75) is 31.4 Å². The Morgan fingerprint density at radius 3 is 2.48 bits per heavy atom. The number of hydrogen-bond acceptors (Lipinski definition) is 6. The zero-order chi connectivity index (χ0) is 20.1. The number of rotatable bonds is 4. The molecule has 2 aliphatic rings. The standard InChI is InChI=1S/C22H29N5O2/c28-19-9-14-26(15-10-19)21(18-6-2-1-3-7-18)22(29)27-13-5-12-25(16-17-27)20-8-4-11-23-24-20/h1-4,6-8,11,19,21,28H,5,9-10,12-17H2. The molecule has 1 aromatic carbocycles. The van der Waals surface area contributed by atoms with Crippen LogP contribution in [0.25, 0.3) is 0 Å². The number of hydrogen-bond donors (Lipinski definition) is 1. The van der Waals surface area contributed by atoms with Crippen LogP contribution in [-0.4, -0.2) is 76.4 Å². The lowest BCUT2D eigenvalue weighted by Crippen LogP contribution is -2.47. The van der Waals surface area contributed by atoms with Gasteiger partial charge in [-0.1, -0.05) is 30.3 Å². The molecule has 0 spiro atoms. The van der Waals surface area contributed by atoms with Gasteiger partial charge in [0.25, 0.3) is 0 Å². The van der Waals surface area contributed by atoms with Crippen LogP contribution in [0, 0.1) is 0 Å².